The number of nitrogens with zero attached hydrogens (tertiary/aromatic N) is 5. The molecule has 0 N–H and O–H groups in total. The first-order chi connectivity index (χ1) is 13.3. The maximum Gasteiger partial charge on any atom is 0.135 e. The fourth-order valence-corrected chi connectivity index (χ4v) is 4.39. The molecule has 2 saturated heterocycles. The molecule has 27 heavy (non-hydrogen) atoms. The lowest BCUT2D eigenvalue weighted by Gasteiger charge is -2.34. The van der Waals surface area contributed by atoms with E-state index in [1.165, 1.54) is 5.56 Å². The van der Waals surface area contributed by atoms with Gasteiger partial charge in [-0.15, -0.1) is 10.2 Å². The van der Waals surface area contributed by atoms with Crippen LogP contribution in [0.25, 0.3) is 0 Å². The van der Waals surface area contributed by atoms with Gasteiger partial charge in [-0.25, -0.2) is 0 Å². The molecule has 0 radical (unpaired) electrons. The van der Waals surface area contributed by atoms with E-state index in [0.29, 0.717) is 12.0 Å². The van der Waals surface area contributed by atoms with Crippen molar-refractivity contribution in [2.75, 3.05) is 39.3 Å². The fraction of sp³-hybridized carbons (Fsp3) is 0.619. The van der Waals surface area contributed by atoms with Crippen molar-refractivity contribution < 1.29 is 4.74 Å². The number of rotatable bonds is 5. The maximum absolute atomic E-state index is 6.18. The molecule has 6 heteroatoms. The molecule has 0 aliphatic carbocycles. The normalized spacial score (nSPS) is 23.4. The quantitative estimate of drug-likeness (QED) is 0.809. The molecule has 2 aromatic rings. The molecular formula is C21H31N5O. The van der Waals surface area contributed by atoms with Gasteiger partial charge in [-0.1, -0.05) is 30.3 Å². The van der Waals surface area contributed by atoms with E-state index in [-0.39, 0.29) is 0 Å². The minimum atomic E-state index is 0.308. The van der Waals surface area contributed by atoms with Crippen LogP contribution in [0.2, 0.25) is 0 Å². The second-order valence-corrected chi connectivity index (χ2v) is 7.94. The van der Waals surface area contributed by atoms with Gasteiger partial charge in [0.05, 0.1) is 6.10 Å². The van der Waals surface area contributed by atoms with E-state index in [0.717, 1.165) is 71.0 Å². The molecule has 2 aliphatic heterocycles. The highest BCUT2D eigenvalue weighted by Crippen LogP contribution is 2.26. The number of ether oxygens (including phenoxy) is 1. The summed E-state index contributed by atoms with van der Waals surface area (Å²) in [6.45, 7) is 7.33. The highest BCUT2D eigenvalue weighted by atomic mass is 16.5. The third-order valence-corrected chi connectivity index (χ3v) is 5.84. The van der Waals surface area contributed by atoms with Gasteiger partial charge in [0, 0.05) is 45.8 Å². The Bertz CT molecular complexity index is 696. The SMILES string of the molecule is Cn1cnnc1C1CCN(CC2CN(Cc3ccccc3)CCCO2)CC1. The lowest BCUT2D eigenvalue weighted by molar-refractivity contribution is 0.0200. The summed E-state index contributed by atoms with van der Waals surface area (Å²) >= 11 is 0. The summed E-state index contributed by atoms with van der Waals surface area (Å²) in [5.41, 5.74) is 1.39. The Morgan fingerprint density at radius 3 is 2.63 bits per heavy atom. The van der Waals surface area contributed by atoms with Crippen molar-refractivity contribution in [3.05, 3.63) is 48.0 Å². The maximum atomic E-state index is 6.18. The first-order valence-electron chi connectivity index (χ1n) is 10.2. The number of aryl methyl sites for hydroxylation is 1. The van der Waals surface area contributed by atoms with Crippen LogP contribution >= 0.6 is 0 Å². The Hall–Kier alpha value is -1.76. The largest absolute Gasteiger partial charge is 0.376 e. The zero-order valence-electron chi connectivity index (χ0n) is 16.3. The summed E-state index contributed by atoms with van der Waals surface area (Å²) in [7, 11) is 2.04. The minimum Gasteiger partial charge on any atom is -0.376 e. The lowest BCUT2D eigenvalue weighted by Crippen LogP contribution is -2.43. The Morgan fingerprint density at radius 2 is 1.89 bits per heavy atom. The lowest BCUT2D eigenvalue weighted by atomic mass is 9.95. The number of aromatic nitrogens is 3. The van der Waals surface area contributed by atoms with E-state index >= 15 is 0 Å². The van der Waals surface area contributed by atoms with E-state index in [2.05, 4.69) is 54.9 Å². The first kappa shape index (κ1) is 18.6. The van der Waals surface area contributed by atoms with Gasteiger partial charge in [-0.05, 0) is 37.9 Å². The molecule has 1 aromatic carbocycles. The molecule has 3 heterocycles. The molecule has 0 spiro atoms. The highest BCUT2D eigenvalue weighted by Gasteiger charge is 2.27. The predicted octanol–water partition coefficient (Wildman–Crippen LogP) is 2.29. The molecule has 2 aliphatic rings. The van der Waals surface area contributed by atoms with Crippen LogP contribution in [0.15, 0.2) is 36.7 Å². The Kier molecular flexibility index (Phi) is 6.17. The molecule has 0 amide bonds. The molecule has 146 valence electrons. The molecule has 6 nitrogen and oxygen atoms in total. The van der Waals surface area contributed by atoms with Crippen molar-refractivity contribution in [3.63, 3.8) is 0 Å². The molecule has 4 rings (SSSR count). The van der Waals surface area contributed by atoms with Crippen molar-refractivity contribution in [2.24, 2.45) is 7.05 Å². The average molecular weight is 370 g/mol. The number of piperidine rings is 1. The van der Waals surface area contributed by atoms with Gasteiger partial charge in [0.15, 0.2) is 0 Å². The molecule has 1 atom stereocenters. The van der Waals surface area contributed by atoms with Crippen LogP contribution in [0.5, 0.6) is 0 Å². The van der Waals surface area contributed by atoms with E-state index < -0.39 is 0 Å². The van der Waals surface area contributed by atoms with Crippen molar-refractivity contribution in [1.29, 1.82) is 0 Å². The van der Waals surface area contributed by atoms with Crippen LogP contribution in [0.1, 0.15) is 36.6 Å². The van der Waals surface area contributed by atoms with Crippen LogP contribution in [-0.4, -0.2) is 70.0 Å². The summed E-state index contributed by atoms with van der Waals surface area (Å²) < 4.78 is 8.25. The second kappa shape index (κ2) is 8.95. The zero-order chi connectivity index (χ0) is 18.5. The summed E-state index contributed by atoms with van der Waals surface area (Å²) in [5.74, 6) is 1.67. The van der Waals surface area contributed by atoms with Gasteiger partial charge >= 0.3 is 0 Å². The van der Waals surface area contributed by atoms with Gasteiger partial charge in [0.2, 0.25) is 0 Å². The molecule has 0 saturated carbocycles. The molecular weight excluding hydrogens is 338 g/mol. The van der Waals surface area contributed by atoms with Gasteiger partial charge in [0.1, 0.15) is 12.2 Å². The topological polar surface area (TPSA) is 46.4 Å². The standard InChI is InChI=1S/C21H31N5O/c1-24-17-22-23-21(24)19-8-11-25(12-9-19)15-20-16-26(10-5-13-27-20)14-18-6-3-2-4-7-18/h2-4,6-7,17,19-20H,5,8-16H2,1H3. The van der Waals surface area contributed by atoms with Crippen LogP contribution in [0, 0.1) is 0 Å². The molecule has 2 fully saturated rings. The van der Waals surface area contributed by atoms with Crippen molar-refractivity contribution in [2.45, 2.75) is 37.8 Å². The van der Waals surface area contributed by atoms with Crippen LogP contribution in [0.4, 0.5) is 0 Å². The summed E-state index contributed by atoms with van der Waals surface area (Å²) in [4.78, 5) is 5.13. The Morgan fingerprint density at radius 1 is 1.07 bits per heavy atom. The van der Waals surface area contributed by atoms with Gasteiger partial charge < -0.3 is 14.2 Å². The summed E-state index contributed by atoms with van der Waals surface area (Å²) in [5, 5.41) is 8.34. The Balaban J connectivity index is 1.28. The van der Waals surface area contributed by atoms with E-state index in [1.807, 2.05) is 13.4 Å². The monoisotopic (exact) mass is 369 g/mol. The van der Waals surface area contributed by atoms with Crippen molar-refractivity contribution in [1.82, 2.24) is 24.6 Å². The fourth-order valence-electron chi connectivity index (χ4n) is 4.39. The van der Waals surface area contributed by atoms with E-state index in [1.54, 1.807) is 0 Å². The summed E-state index contributed by atoms with van der Waals surface area (Å²) in [6, 6.07) is 10.8. The van der Waals surface area contributed by atoms with E-state index in [9.17, 15) is 0 Å². The number of hydrogen-bond acceptors (Lipinski definition) is 5. The van der Waals surface area contributed by atoms with Gasteiger partial charge in [0.25, 0.3) is 0 Å². The van der Waals surface area contributed by atoms with Gasteiger partial charge in [-0.3, -0.25) is 4.90 Å². The van der Waals surface area contributed by atoms with Gasteiger partial charge in [-0.2, -0.15) is 0 Å². The number of likely N-dealkylation sites (tertiary alicyclic amines) is 1. The smallest absolute Gasteiger partial charge is 0.135 e. The molecule has 1 aromatic heterocycles. The first-order valence-corrected chi connectivity index (χ1v) is 10.2. The van der Waals surface area contributed by atoms with Crippen molar-refractivity contribution >= 4 is 0 Å². The summed E-state index contributed by atoms with van der Waals surface area (Å²) in [6.07, 6.45) is 5.56. The highest BCUT2D eigenvalue weighted by molar-refractivity contribution is 5.14. The number of benzene rings is 1. The average Bonchev–Trinajstić information content (AvgIpc) is 3.00. The van der Waals surface area contributed by atoms with Crippen LogP contribution in [0.3, 0.4) is 0 Å². The third-order valence-electron chi connectivity index (χ3n) is 5.84. The molecule has 1 unspecified atom stereocenters. The predicted molar refractivity (Wildman–Crippen MR) is 105 cm³/mol. The number of hydrogen-bond donors (Lipinski definition) is 0. The zero-order valence-corrected chi connectivity index (χ0v) is 16.3. The van der Waals surface area contributed by atoms with Crippen LogP contribution in [-0.2, 0) is 18.3 Å². The van der Waals surface area contributed by atoms with Crippen molar-refractivity contribution in [3.8, 4) is 0 Å². The minimum absolute atomic E-state index is 0.308. The van der Waals surface area contributed by atoms with Crippen LogP contribution < -0.4 is 0 Å². The second-order valence-electron chi connectivity index (χ2n) is 7.94. The molecule has 0 bridgehead atoms. The third kappa shape index (κ3) is 4.94. The Labute approximate surface area is 162 Å². The van der Waals surface area contributed by atoms with E-state index in [4.69, 9.17) is 4.74 Å².